The third kappa shape index (κ3) is 5.55. The summed E-state index contributed by atoms with van der Waals surface area (Å²) in [5.41, 5.74) is -0.0858. The number of nitrogens with zero attached hydrogens (tertiary/aromatic N) is 2. The van der Waals surface area contributed by atoms with Crippen molar-refractivity contribution in [3.05, 3.63) is 46.1 Å². The van der Waals surface area contributed by atoms with Crippen LogP contribution in [0.15, 0.2) is 34.1 Å². The van der Waals surface area contributed by atoms with Crippen LogP contribution >= 0.6 is 0 Å². The number of rotatable bonds is 6. The summed E-state index contributed by atoms with van der Waals surface area (Å²) in [7, 11) is 0. The highest BCUT2D eigenvalue weighted by molar-refractivity contribution is 7.90. The summed E-state index contributed by atoms with van der Waals surface area (Å²) in [5.74, 6) is -0.481. The summed E-state index contributed by atoms with van der Waals surface area (Å²) in [5, 5.41) is 3.62. The van der Waals surface area contributed by atoms with E-state index in [1.54, 1.807) is 0 Å². The van der Waals surface area contributed by atoms with E-state index >= 15 is 0 Å². The lowest BCUT2D eigenvalue weighted by Gasteiger charge is -2.15. The van der Waals surface area contributed by atoms with Crippen molar-refractivity contribution in [3.8, 4) is 11.1 Å². The van der Waals surface area contributed by atoms with Gasteiger partial charge in [0.05, 0.1) is 6.20 Å². The van der Waals surface area contributed by atoms with Crippen LogP contribution in [0.5, 0.6) is 0 Å². The molecule has 2 aromatic rings. The standard InChI is InChI=1S/C18H20F4N2O2S/c1-11(2)4-6-13-14(9-23-24(17(13)25)10-18(20,21)22)12-5-7-16(27(3)26)15(19)8-12/h5,7-9,11H,4,6,10H2,1-3H3. The van der Waals surface area contributed by atoms with Gasteiger partial charge < -0.3 is 4.55 Å². The molecule has 9 heteroatoms. The second kappa shape index (κ2) is 8.43. The third-order valence-electron chi connectivity index (χ3n) is 4.00. The molecular formula is C18H20F4N2O2S. The predicted molar refractivity (Wildman–Crippen MR) is 95.4 cm³/mol. The lowest BCUT2D eigenvalue weighted by molar-refractivity contribution is -0.143. The first kappa shape index (κ1) is 21.4. The zero-order valence-electron chi connectivity index (χ0n) is 15.1. The lowest BCUT2D eigenvalue weighted by Crippen LogP contribution is -2.32. The Hall–Kier alpha value is -1.87. The summed E-state index contributed by atoms with van der Waals surface area (Å²) >= 11 is -1.52. The van der Waals surface area contributed by atoms with E-state index in [2.05, 4.69) is 5.10 Å². The molecule has 27 heavy (non-hydrogen) atoms. The number of alkyl halides is 3. The molecule has 0 fully saturated rings. The predicted octanol–water partition coefficient (Wildman–Crippen LogP) is 3.94. The molecule has 0 radical (unpaired) electrons. The van der Waals surface area contributed by atoms with Crippen LogP contribution in [0, 0.1) is 11.7 Å². The van der Waals surface area contributed by atoms with Crippen molar-refractivity contribution in [1.82, 2.24) is 9.78 Å². The third-order valence-corrected chi connectivity index (χ3v) is 4.95. The van der Waals surface area contributed by atoms with Gasteiger partial charge in [-0.05, 0) is 53.7 Å². The lowest BCUT2D eigenvalue weighted by atomic mass is 9.96. The zero-order chi connectivity index (χ0) is 20.4. The average Bonchev–Trinajstić information content (AvgIpc) is 2.53. The van der Waals surface area contributed by atoms with Crippen LogP contribution in [0.3, 0.4) is 0 Å². The first-order valence-electron chi connectivity index (χ1n) is 8.28. The molecule has 0 saturated carbocycles. The highest BCUT2D eigenvalue weighted by Crippen LogP contribution is 2.27. The maximum Gasteiger partial charge on any atom is 0.408 e. The minimum atomic E-state index is -4.58. The quantitative estimate of drug-likeness (QED) is 0.541. The van der Waals surface area contributed by atoms with Gasteiger partial charge in [-0.1, -0.05) is 13.8 Å². The van der Waals surface area contributed by atoms with Crippen molar-refractivity contribution in [3.63, 3.8) is 0 Å². The van der Waals surface area contributed by atoms with E-state index in [4.69, 9.17) is 0 Å². The molecule has 2 rings (SSSR count). The monoisotopic (exact) mass is 404 g/mol. The fourth-order valence-corrected chi connectivity index (χ4v) is 3.23. The van der Waals surface area contributed by atoms with Gasteiger partial charge in [0.15, 0.2) is 10.7 Å². The number of hydrogen-bond acceptors (Lipinski definition) is 3. The van der Waals surface area contributed by atoms with Crippen LogP contribution < -0.4 is 5.56 Å². The molecule has 1 heterocycles. The number of hydrogen-bond donors (Lipinski definition) is 0. The Morgan fingerprint density at radius 1 is 1.30 bits per heavy atom. The van der Waals surface area contributed by atoms with Gasteiger partial charge in [0, 0.05) is 11.1 Å². The van der Waals surface area contributed by atoms with E-state index in [9.17, 15) is 26.9 Å². The van der Waals surface area contributed by atoms with Crippen molar-refractivity contribution < 1.29 is 22.1 Å². The zero-order valence-corrected chi connectivity index (χ0v) is 16.0. The topological polar surface area (TPSA) is 58.0 Å². The molecule has 0 saturated heterocycles. The largest absolute Gasteiger partial charge is 0.612 e. The molecule has 1 atom stereocenters. The van der Waals surface area contributed by atoms with E-state index < -0.39 is 35.3 Å². The van der Waals surface area contributed by atoms with Crippen molar-refractivity contribution in [2.24, 2.45) is 5.92 Å². The summed E-state index contributed by atoms with van der Waals surface area (Å²) in [6.07, 6.45) is -1.26. The molecule has 1 aromatic carbocycles. The minimum absolute atomic E-state index is 0.0147. The van der Waals surface area contributed by atoms with E-state index in [1.807, 2.05) is 13.8 Å². The fraction of sp³-hybridized carbons (Fsp3) is 0.444. The van der Waals surface area contributed by atoms with E-state index in [0.29, 0.717) is 16.7 Å². The van der Waals surface area contributed by atoms with Gasteiger partial charge in [-0.15, -0.1) is 0 Å². The molecule has 0 bridgehead atoms. The van der Waals surface area contributed by atoms with Crippen LogP contribution in [0.1, 0.15) is 25.8 Å². The fourth-order valence-electron chi connectivity index (χ4n) is 2.64. The summed E-state index contributed by atoms with van der Waals surface area (Å²) < 4.78 is 64.1. The second-order valence-corrected chi connectivity index (χ2v) is 7.99. The SMILES string of the molecule is CC(C)CCc1c(-c2ccc([S+](C)[O-])c(F)c2)cnn(CC(F)(F)F)c1=O. The molecule has 4 nitrogen and oxygen atoms in total. The molecule has 0 N–H and O–H groups in total. The molecule has 0 amide bonds. The summed E-state index contributed by atoms with van der Waals surface area (Å²) in [4.78, 5) is 12.6. The van der Waals surface area contributed by atoms with Gasteiger partial charge in [-0.25, -0.2) is 9.07 Å². The highest BCUT2D eigenvalue weighted by atomic mass is 32.2. The van der Waals surface area contributed by atoms with Crippen LogP contribution in [-0.4, -0.2) is 26.8 Å². The summed E-state index contributed by atoms with van der Waals surface area (Å²) in [6, 6.07) is 3.96. The first-order chi connectivity index (χ1) is 12.5. The molecule has 1 aromatic heterocycles. The van der Waals surface area contributed by atoms with Gasteiger partial charge >= 0.3 is 6.18 Å². The average molecular weight is 404 g/mol. The van der Waals surface area contributed by atoms with Gasteiger partial charge in [-0.3, -0.25) is 4.79 Å². The first-order valence-corrected chi connectivity index (χ1v) is 9.84. The Bertz CT molecular complexity index is 863. The Labute approximate surface area is 157 Å². The van der Waals surface area contributed by atoms with Crippen LogP contribution in [0.4, 0.5) is 17.6 Å². The van der Waals surface area contributed by atoms with E-state index in [1.165, 1.54) is 18.4 Å². The van der Waals surface area contributed by atoms with E-state index in [-0.39, 0.29) is 28.4 Å². The molecule has 1 unspecified atom stereocenters. The van der Waals surface area contributed by atoms with E-state index in [0.717, 1.165) is 12.3 Å². The molecule has 0 spiro atoms. The molecule has 0 aliphatic rings. The van der Waals surface area contributed by atoms with Gasteiger partial charge in [0.2, 0.25) is 0 Å². The number of benzene rings is 1. The Balaban J connectivity index is 2.56. The maximum absolute atomic E-state index is 14.2. The molecule has 0 aliphatic carbocycles. The van der Waals surface area contributed by atoms with Crippen LogP contribution in [-0.2, 0) is 24.1 Å². The van der Waals surface area contributed by atoms with Crippen molar-refractivity contribution in [2.75, 3.05) is 6.26 Å². The smallest absolute Gasteiger partial charge is 0.408 e. The molecular weight excluding hydrogens is 384 g/mol. The Kier molecular flexibility index (Phi) is 6.69. The minimum Gasteiger partial charge on any atom is -0.612 e. The summed E-state index contributed by atoms with van der Waals surface area (Å²) in [6.45, 7) is 2.38. The molecule has 0 aliphatic heterocycles. The van der Waals surface area contributed by atoms with Crippen molar-refractivity contribution >= 4 is 11.2 Å². The Morgan fingerprint density at radius 2 is 1.96 bits per heavy atom. The number of halogens is 4. The number of aromatic nitrogens is 2. The van der Waals surface area contributed by atoms with Crippen molar-refractivity contribution in [2.45, 2.75) is 44.3 Å². The van der Waals surface area contributed by atoms with Crippen LogP contribution in [0.2, 0.25) is 0 Å². The van der Waals surface area contributed by atoms with Gasteiger partial charge in [-0.2, -0.15) is 18.3 Å². The second-order valence-electron chi connectivity index (χ2n) is 6.65. The maximum atomic E-state index is 14.2. The molecule has 148 valence electrons. The normalized spacial score (nSPS) is 13.2. The van der Waals surface area contributed by atoms with Crippen molar-refractivity contribution in [1.29, 1.82) is 0 Å². The van der Waals surface area contributed by atoms with Gasteiger partial charge in [0.1, 0.15) is 12.8 Å². The van der Waals surface area contributed by atoms with Gasteiger partial charge in [0.25, 0.3) is 5.56 Å². The van der Waals surface area contributed by atoms with Crippen LogP contribution in [0.25, 0.3) is 11.1 Å². The Morgan fingerprint density at radius 3 is 2.48 bits per heavy atom. The highest BCUT2D eigenvalue weighted by Gasteiger charge is 2.30.